The molecule has 25 heavy (non-hydrogen) atoms. The molecular formula is C22H25OS2+. The van der Waals surface area contributed by atoms with Crippen LogP contribution in [-0.4, -0.2) is 5.78 Å². The zero-order chi connectivity index (χ0) is 17.2. The topological polar surface area (TPSA) is 17.1 Å². The maximum atomic E-state index is 12.9. The molecule has 2 aromatic rings. The van der Waals surface area contributed by atoms with E-state index in [1.54, 1.807) is 11.8 Å². The van der Waals surface area contributed by atoms with Gasteiger partial charge in [0.2, 0.25) is 0 Å². The molecule has 130 valence electrons. The third-order valence-corrected chi connectivity index (χ3v) is 7.24. The Morgan fingerprint density at radius 3 is 2.20 bits per heavy atom. The highest BCUT2D eigenvalue weighted by molar-refractivity contribution is 7.99. The molecule has 2 saturated carbocycles. The zero-order valence-corrected chi connectivity index (χ0v) is 16.2. The maximum absolute atomic E-state index is 12.9. The van der Waals surface area contributed by atoms with E-state index >= 15 is 0 Å². The second-order valence-corrected chi connectivity index (χ2v) is 9.20. The number of ketones is 1. The maximum Gasteiger partial charge on any atom is 0.165 e. The molecule has 2 aliphatic carbocycles. The lowest BCUT2D eigenvalue weighted by atomic mass is 9.73. The number of carbonyl (C=O) groups is 1. The number of carbonyl (C=O) groups excluding carboxylic acids is 1. The van der Waals surface area contributed by atoms with Crippen molar-refractivity contribution in [3.8, 4) is 0 Å². The second kappa shape index (κ2) is 7.59. The SMILES string of the molecule is O=C(c1ccc(Sc2ccc([SH2+])cc2)cc1)C1CCC2CCCC2C1. The van der Waals surface area contributed by atoms with Crippen LogP contribution < -0.4 is 0 Å². The lowest BCUT2D eigenvalue weighted by molar-refractivity contribution is 0.0837. The van der Waals surface area contributed by atoms with Crippen LogP contribution in [0.3, 0.4) is 0 Å². The summed E-state index contributed by atoms with van der Waals surface area (Å²) in [5.74, 6) is 2.35. The van der Waals surface area contributed by atoms with Gasteiger partial charge in [0.05, 0.1) is 0 Å². The molecule has 2 fully saturated rings. The Labute approximate surface area is 160 Å². The average Bonchev–Trinajstić information content (AvgIpc) is 3.11. The summed E-state index contributed by atoms with van der Waals surface area (Å²) in [5, 5.41) is 0. The van der Waals surface area contributed by atoms with Gasteiger partial charge in [-0.15, -0.1) is 0 Å². The third kappa shape index (κ3) is 3.98. The largest absolute Gasteiger partial charge is 0.294 e. The lowest BCUT2D eigenvalue weighted by Crippen LogP contribution is -2.26. The second-order valence-electron chi connectivity index (χ2n) is 7.48. The average molecular weight is 370 g/mol. The fraction of sp³-hybridized carbons (Fsp3) is 0.409. The molecule has 0 radical (unpaired) electrons. The lowest BCUT2D eigenvalue weighted by Gasteiger charge is -2.31. The molecule has 3 heteroatoms. The van der Waals surface area contributed by atoms with Crippen LogP contribution in [0.1, 0.15) is 48.9 Å². The fourth-order valence-corrected chi connectivity index (χ4v) is 5.51. The van der Waals surface area contributed by atoms with Gasteiger partial charge in [0.25, 0.3) is 0 Å². The van der Waals surface area contributed by atoms with Crippen LogP contribution in [0.15, 0.2) is 63.2 Å². The molecule has 0 saturated heterocycles. The molecule has 0 heterocycles. The number of hydrogen-bond acceptors (Lipinski definition) is 2. The molecule has 2 aromatic carbocycles. The first-order chi connectivity index (χ1) is 12.2. The van der Waals surface area contributed by atoms with E-state index in [1.165, 1.54) is 35.5 Å². The number of Topliss-reactive ketones (excluding diaryl/α,β-unsaturated/α-hetero) is 1. The molecule has 0 bridgehead atoms. The van der Waals surface area contributed by atoms with Crippen LogP contribution >= 0.6 is 11.8 Å². The molecule has 4 rings (SSSR count). The highest BCUT2D eigenvalue weighted by Gasteiger charge is 2.36. The zero-order valence-electron chi connectivity index (χ0n) is 14.4. The van der Waals surface area contributed by atoms with Crippen LogP contribution in [0.5, 0.6) is 0 Å². The Morgan fingerprint density at radius 2 is 1.48 bits per heavy atom. The molecular weight excluding hydrogens is 344 g/mol. The molecule has 0 amide bonds. The first kappa shape index (κ1) is 17.2. The van der Waals surface area contributed by atoms with Crippen molar-refractivity contribution in [1.82, 2.24) is 0 Å². The van der Waals surface area contributed by atoms with Gasteiger partial charge in [-0.3, -0.25) is 4.79 Å². The van der Waals surface area contributed by atoms with Crippen LogP contribution in [0.4, 0.5) is 0 Å². The molecule has 3 atom stereocenters. The van der Waals surface area contributed by atoms with Gasteiger partial charge in [-0.25, -0.2) is 0 Å². The Bertz CT molecular complexity index is 736. The van der Waals surface area contributed by atoms with Gasteiger partial charge in [0.15, 0.2) is 5.78 Å². The summed E-state index contributed by atoms with van der Waals surface area (Å²) in [4.78, 5) is 16.4. The predicted octanol–water partition coefficient (Wildman–Crippen LogP) is 5.61. The number of fused-ring (bicyclic) bond motifs is 1. The summed E-state index contributed by atoms with van der Waals surface area (Å²) in [6.45, 7) is 0. The van der Waals surface area contributed by atoms with Crippen molar-refractivity contribution in [2.75, 3.05) is 0 Å². The minimum Gasteiger partial charge on any atom is -0.294 e. The highest BCUT2D eigenvalue weighted by Crippen LogP contribution is 2.45. The molecule has 0 aliphatic heterocycles. The van der Waals surface area contributed by atoms with Crippen molar-refractivity contribution >= 4 is 30.2 Å². The minimum absolute atomic E-state index is 0.254. The summed E-state index contributed by atoms with van der Waals surface area (Å²) in [6.07, 6.45) is 7.59. The summed E-state index contributed by atoms with van der Waals surface area (Å²) in [6, 6.07) is 16.5. The Morgan fingerprint density at radius 1 is 0.840 bits per heavy atom. The van der Waals surface area contributed by atoms with Crippen molar-refractivity contribution in [1.29, 1.82) is 0 Å². The van der Waals surface area contributed by atoms with E-state index in [4.69, 9.17) is 0 Å². The molecule has 0 aromatic heterocycles. The van der Waals surface area contributed by atoms with Crippen molar-refractivity contribution in [2.24, 2.45) is 17.8 Å². The smallest absolute Gasteiger partial charge is 0.165 e. The van der Waals surface area contributed by atoms with Crippen LogP contribution in [0.25, 0.3) is 0 Å². The summed E-state index contributed by atoms with van der Waals surface area (Å²) >= 11 is 5.25. The van der Waals surface area contributed by atoms with Crippen LogP contribution in [0, 0.1) is 17.8 Å². The standard InChI is InChI=1S/C22H24OS2/c23-22(18-5-4-15-2-1-3-17(15)14-18)16-6-10-20(11-7-16)25-21-12-8-19(24)9-13-21/h6-13,15,17-18,24H,1-5,14H2/p+1. The van der Waals surface area contributed by atoms with Crippen LogP contribution in [-0.2, 0) is 12.6 Å². The summed E-state index contributed by atoms with van der Waals surface area (Å²) in [7, 11) is 0. The Balaban J connectivity index is 1.41. The van der Waals surface area contributed by atoms with E-state index in [-0.39, 0.29) is 5.92 Å². The molecule has 3 unspecified atom stereocenters. The molecule has 1 nitrogen and oxygen atoms in total. The highest BCUT2D eigenvalue weighted by atomic mass is 32.2. The van der Waals surface area contributed by atoms with Gasteiger partial charge >= 0.3 is 0 Å². The normalized spacial score (nSPS) is 25.6. The van der Waals surface area contributed by atoms with E-state index in [0.717, 1.165) is 35.1 Å². The van der Waals surface area contributed by atoms with Crippen molar-refractivity contribution in [2.45, 2.75) is 53.2 Å². The Kier molecular flexibility index (Phi) is 5.23. The number of benzene rings is 2. The van der Waals surface area contributed by atoms with Gasteiger partial charge in [0, 0.05) is 21.3 Å². The quantitative estimate of drug-likeness (QED) is 0.515. The van der Waals surface area contributed by atoms with E-state index < -0.39 is 0 Å². The van der Waals surface area contributed by atoms with Gasteiger partial charge in [-0.1, -0.05) is 43.2 Å². The first-order valence-corrected chi connectivity index (χ1v) is 10.6. The van der Waals surface area contributed by atoms with Crippen molar-refractivity contribution < 1.29 is 4.79 Å². The van der Waals surface area contributed by atoms with Gasteiger partial charge in [-0.2, -0.15) is 0 Å². The fourth-order valence-electron chi connectivity index (χ4n) is 4.52. The first-order valence-electron chi connectivity index (χ1n) is 9.33. The predicted molar refractivity (Wildman–Crippen MR) is 108 cm³/mol. The monoisotopic (exact) mass is 369 g/mol. The van der Waals surface area contributed by atoms with E-state index in [2.05, 4.69) is 49.0 Å². The third-order valence-electron chi connectivity index (χ3n) is 5.89. The van der Waals surface area contributed by atoms with E-state index in [9.17, 15) is 4.79 Å². The van der Waals surface area contributed by atoms with E-state index in [0.29, 0.717) is 5.78 Å². The van der Waals surface area contributed by atoms with Crippen LogP contribution in [0.2, 0.25) is 0 Å². The molecule has 0 N–H and O–H groups in total. The summed E-state index contributed by atoms with van der Waals surface area (Å²) in [5.41, 5.74) is 0.890. The van der Waals surface area contributed by atoms with E-state index in [1.807, 2.05) is 12.1 Å². The van der Waals surface area contributed by atoms with Gasteiger partial charge < -0.3 is 0 Å². The summed E-state index contributed by atoms with van der Waals surface area (Å²) < 4.78 is 0. The molecule has 0 spiro atoms. The van der Waals surface area contributed by atoms with Gasteiger partial charge in [0.1, 0.15) is 4.90 Å². The van der Waals surface area contributed by atoms with Crippen molar-refractivity contribution in [3.63, 3.8) is 0 Å². The molecule has 2 aliphatic rings. The van der Waals surface area contributed by atoms with Gasteiger partial charge in [-0.05, 0) is 80.1 Å². The Hall–Kier alpha value is -1.19. The van der Waals surface area contributed by atoms with Crippen molar-refractivity contribution in [3.05, 3.63) is 54.1 Å². The minimum atomic E-state index is 0.254. The number of rotatable bonds is 4. The number of hydrogen-bond donors (Lipinski definition) is 0.